The molecule has 1 amide bonds. The van der Waals surface area contributed by atoms with Gasteiger partial charge in [0.1, 0.15) is 12.4 Å². The summed E-state index contributed by atoms with van der Waals surface area (Å²) in [6, 6.07) is 24.8. The quantitative estimate of drug-likeness (QED) is 0.495. The molecule has 0 unspecified atom stereocenters. The number of carbonyl (C=O) groups excluding carboxylic acids is 1. The number of hydrogen-bond donors (Lipinski definition) is 1. The van der Waals surface area contributed by atoms with Crippen LogP contribution in [-0.2, 0) is 13.2 Å². The smallest absolute Gasteiger partial charge is 0.251 e. The van der Waals surface area contributed by atoms with Crippen LogP contribution in [0.25, 0.3) is 11.3 Å². The van der Waals surface area contributed by atoms with Crippen molar-refractivity contribution in [1.29, 1.82) is 0 Å². The Hall–Kier alpha value is -3.99. The zero-order valence-electron chi connectivity index (χ0n) is 16.4. The molecule has 0 aliphatic heterocycles. The highest BCUT2D eigenvalue weighted by Crippen LogP contribution is 2.17. The highest BCUT2D eigenvalue weighted by atomic mass is 16.5. The molecule has 2 aromatic carbocycles. The van der Waals surface area contributed by atoms with Gasteiger partial charge in [-0.1, -0.05) is 36.4 Å². The summed E-state index contributed by atoms with van der Waals surface area (Å²) >= 11 is 0. The van der Waals surface area contributed by atoms with Crippen LogP contribution in [0.15, 0.2) is 97.5 Å². The average molecular weight is 395 g/mol. The van der Waals surface area contributed by atoms with E-state index in [9.17, 15) is 4.79 Å². The first-order valence-electron chi connectivity index (χ1n) is 9.68. The second-order valence-corrected chi connectivity index (χ2v) is 6.78. The molecule has 5 nitrogen and oxygen atoms in total. The third kappa shape index (κ3) is 5.08. The second-order valence-electron chi connectivity index (χ2n) is 6.78. The van der Waals surface area contributed by atoms with Crippen LogP contribution in [0, 0.1) is 0 Å². The van der Waals surface area contributed by atoms with Crippen molar-refractivity contribution in [2.24, 2.45) is 0 Å². The molecule has 1 N–H and O–H groups in total. The van der Waals surface area contributed by atoms with Crippen LogP contribution in [-0.4, -0.2) is 15.9 Å². The maximum Gasteiger partial charge on any atom is 0.251 e. The molecule has 0 aliphatic rings. The third-order valence-electron chi connectivity index (χ3n) is 4.58. The first-order valence-corrected chi connectivity index (χ1v) is 9.68. The summed E-state index contributed by atoms with van der Waals surface area (Å²) in [7, 11) is 0. The van der Waals surface area contributed by atoms with Gasteiger partial charge in [-0.05, 0) is 53.6 Å². The summed E-state index contributed by atoms with van der Waals surface area (Å²) in [4.78, 5) is 21.1. The number of rotatable bonds is 7. The Morgan fingerprint density at radius 1 is 0.867 bits per heavy atom. The van der Waals surface area contributed by atoms with Crippen molar-refractivity contribution < 1.29 is 9.53 Å². The van der Waals surface area contributed by atoms with Gasteiger partial charge in [0.2, 0.25) is 0 Å². The Bertz CT molecular complexity index is 1120. The van der Waals surface area contributed by atoms with Crippen molar-refractivity contribution in [2.75, 3.05) is 0 Å². The fourth-order valence-electron chi connectivity index (χ4n) is 3.01. The minimum atomic E-state index is -0.153. The molecule has 0 spiro atoms. The maximum absolute atomic E-state index is 12.6. The summed E-state index contributed by atoms with van der Waals surface area (Å²) in [5.74, 6) is 0.508. The van der Waals surface area contributed by atoms with E-state index in [2.05, 4.69) is 15.3 Å². The molecule has 4 aromatic rings. The fourth-order valence-corrected chi connectivity index (χ4v) is 3.01. The van der Waals surface area contributed by atoms with Crippen LogP contribution in [0.3, 0.4) is 0 Å². The van der Waals surface area contributed by atoms with Crippen molar-refractivity contribution in [1.82, 2.24) is 15.3 Å². The summed E-state index contributed by atoms with van der Waals surface area (Å²) in [5.41, 5.74) is 4.37. The van der Waals surface area contributed by atoms with Gasteiger partial charge in [0.25, 0.3) is 5.91 Å². The van der Waals surface area contributed by atoms with Gasteiger partial charge < -0.3 is 10.1 Å². The molecular formula is C25H21N3O2. The van der Waals surface area contributed by atoms with E-state index in [-0.39, 0.29) is 5.91 Å². The second kappa shape index (κ2) is 9.47. The Kier molecular flexibility index (Phi) is 6.11. The molecule has 0 fully saturated rings. The molecule has 2 aromatic heterocycles. The van der Waals surface area contributed by atoms with Crippen molar-refractivity contribution in [3.05, 3.63) is 114 Å². The van der Waals surface area contributed by atoms with Gasteiger partial charge in [-0.3, -0.25) is 14.8 Å². The predicted molar refractivity (Wildman–Crippen MR) is 116 cm³/mol. The van der Waals surface area contributed by atoms with Gasteiger partial charge >= 0.3 is 0 Å². The van der Waals surface area contributed by atoms with Crippen LogP contribution >= 0.6 is 0 Å². The van der Waals surface area contributed by atoms with Crippen LogP contribution in [0.2, 0.25) is 0 Å². The highest BCUT2D eigenvalue weighted by molar-refractivity contribution is 5.94. The number of ether oxygens (including phenoxy) is 1. The van der Waals surface area contributed by atoms with Crippen LogP contribution in [0.4, 0.5) is 0 Å². The van der Waals surface area contributed by atoms with E-state index in [0.717, 1.165) is 22.4 Å². The lowest BCUT2D eigenvalue weighted by Crippen LogP contribution is -2.22. The minimum Gasteiger partial charge on any atom is -0.489 e. The first kappa shape index (κ1) is 19.3. The molecule has 4 rings (SSSR count). The Morgan fingerprint density at radius 2 is 1.77 bits per heavy atom. The van der Waals surface area contributed by atoms with Gasteiger partial charge in [-0.25, -0.2) is 0 Å². The molecular weight excluding hydrogens is 374 g/mol. The Labute approximate surface area is 175 Å². The van der Waals surface area contributed by atoms with E-state index >= 15 is 0 Å². The predicted octanol–water partition coefficient (Wildman–Crippen LogP) is 4.65. The summed E-state index contributed by atoms with van der Waals surface area (Å²) < 4.78 is 5.82. The van der Waals surface area contributed by atoms with E-state index in [4.69, 9.17) is 4.74 Å². The molecule has 0 radical (unpaired) electrons. The minimum absolute atomic E-state index is 0.153. The maximum atomic E-state index is 12.6. The molecule has 0 atom stereocenters. The van der Waals surface area contributed by atoms with Gasteiger partial charge in [0, 0.05) is 36.3 Å². The third-order valence-corrected chi connectivity index (χ3v) is 4.58. The fraction of sp³-hybridized carbons (Fsp3) is 0.0800. The number of nitrogens with one attached hydrogen (secondary N) is 1. The molecule has 0 saturated heterocycles. The lowest BCUT2D eigenvalue weighted by Gasteiger charge is -2.09. The van der Waals surface area contributed by atoms with Crippen LogP contribution in [0.1, 0.15) is 21.5 Å². The zero-order valence-corrected chi connectivity index (χ0v) is 16.4. The van der Waals surface area contributed by atoms with Crippen LogP contribution < -0.4 is 10.1 Å². The van der Waals surface area contributed by atoms with Gasteiger partial charge in [0.15, 0.2) is 0 Å². The number of carbonyl (C=O) groups is 1. The molecule has 5 heteroatoms. The van der Waals surface area contributed by atoms with E-state index in [1.165, 1.54) is 0 Å². The standard InChI is InChI=1S/C25H21N3O2/c29-25(21-8-4-10-23(15-21)30-18-19-6-2-1-3-7-19)28-16-20-11-13-27-24(14-20)22-9-5-12-26-17-22/h1-15,17H,16,18H2,(H,28,29). The summed E-state index contributed by atoms with van der Waals surface area (Å²) in [6.07, 6.45) is 5.23. The monoisotopic (exact) mass is 395 g/mol. The highest BCUT2D eigenvalue weighted by Gasteiger charge is 2.08. The number of aromatic nitrogens is 2. The topological polar surface area (TPSA) is 64.1 Å². The number of pyridine rings is 2. The molecule has 2 heterocycles. The Balaban J connectivity index is 1.37. The zero-order chi connectivity index (χ0) is 20.6. The molecule has 0 aliphatic carbocycles. The van der Waals surface area contributed by atoms with E-state index in [0.29, 0.717) is 24.5 Å². The molecule has 148 valence electrons. The number of nitrogens with zero attached hydrogens (tertiary/aromatic N) is 2. The number of hydrogen-bond acceptors (Lipinski definition) is 4. The lowest BCUT2D eigenvalue weighted by atomic mass is 10.1. The summed E-state index contributed by atoms with van der Waals surface area (Å²) in [6.45, 7) is 0.865. The normalized spacial score (nSPS) is 10.4. The molecule has 0 saturated carbocycles. The SMILES string of the molecule is O=C(NCc1ccnc(-c2cccnc2)c1)c1cccc(OCc2ccccc2)c1. The van der Waals surface area contributed by atoms with E-state index in [1.54, 1.807) is 30.7 Å². The van der Waals surface area contributed by atoms with E-state index in [1.807, 2.05) is 66.7 Å². The lowest BCUT2D eigenvalue weighted by molar-refractivity contribution is 0.0950. The Morgan fingerprint density at radius 3 is 2.60 bits per heavy atom. The van der Waals surface area contributed by atoms with Crippen molar-refractivity contribution >= 4 is 5.91 Å². The molecule has 0 bridgehead atoms. The summed E-state index contributed by atoms with van der Waals surface area (Å²) in [5, 5.41) is 2.96. The van der Waals surface area contributed by atoms with E-state index < -0.39 is 0 Å². The van der Waals surface area contributed by atoms with Crippen molar-refractivity contribution in [2.45, 2.75) is 13.2 Å². The average Bonchev–Trinajstić information content (AvgIpc) is 2.83. The van der Waals surface area contributed by atoms with Gasteiger partial charge in [-0.2, -0.15) is 0 Å². The number of amides is 1. The van der Waals surface area contributed by atoms with Crippen molar-refractivity contribution in [3.8, 4) is 17.0 Å². The van der Waals surface area contributed by atoms with Crippen LogP contribution in [0.5, 0.6) is 5.75 Å². The molecule has 30 heavy (non-hydrogen) atoms. The largest absolute Gasteiger partial charge is 0.489 e. The first-order chi connectivity index (χ1) is 14.8. The van der Waals surface area contributed by atoms with Gasteiger partial charge in [-0.15, -0.1) is 0 Å². The number of benzene rings is 2. The van der Waals surface area contributed by atoms with Gasteiger partial charge in [0.05, 0.1) is 5.69 Å². The van der Waals surface area contributed by atoms with Crippen molar-refractivity contribution in [3.63, 3.8) is 0 Å².